The molecule has 2 aromatic carbocycles. The van der Waals surface area contributed by atoms with Crippen LogP contribution in [-0.4, -0.2) is 55.5 Å². The summed E-state index contributed by atoms with van der Waals surface area (Å²) in [5.74, 6) is -0.804. The van der Waals surface area contributed by atoms with Crippen LogP contribution in [0.5, 0.6) is 0 Å². The molecule has 0 N–H and O–H groups in total. The average molecular weight is 518 g/mol. The summed E-state index contributed by atoms with van der Waals surface area (Å²) < 4.78 is 48.2. The molecule has 2 fully saturated rings. The van der Waals surface area contributed by atoms with Crippen LogP contribution in [0.1, 0.15) is 38.2 Å². The number of hydrogen-bond acceptors (Lipinski definition) is 6. The molecule has 2 unspecified atom stereocenters. The number of carbonyl (C=O) groups excluding carboxylic acids is 1. The number of halogens is 1. The van der Waals surface area contributed by atoms with E-state index < -0.39 is 21.9 Å². The van der Waals surface area contributed by atoms with E-state index in [1.54, 1.807) is 4.90 Å². The van der Waals surface area contributed by atoms with Gasteiger partial charge in [0.25, 0.3) is 0 Å². The minimum absolute atomic E-state index is 0.0173. The van der Waals surface area contributed by atoms with E-state index in [2.05, 4.69) is 13.0 Å². The van der Waals surface area contributed by atoms with Gasteiger partial charge in [0, 0.05) is 13.2 Å². The lowest BCUT2D eigenvalue weighted by molar-refractivity contribution is -0.122. The Kier molecular flexibility index (Phi) is 6.89. The number of thiazole rings is 1. The summed E-state index contributed by atoms with van der Waals surface area (Å²) in [5.41, 5.74) is 2.01. The molecule has 2 aliphatic rings. The van der Waals surface area contributed by atoms with Crippen LogP contribution in [0.4, 0.5) is 9.52 Å². The van der Waals surface area contributed by atoms with Crippen LogP contribution >= 0.6 is 11.3 Å². The van der Waals surface area contributed by atoms with Gasteiger partial charge in [0.1, 0.15) is 11.9 Å². The zero-order valence-electron chi connectivity index (χ0n) is 19.5. The molecule has 2 saturated heterocycles. The van der Waals surface area contributed by atoms with E-state index in [-0.39, 0.29) is 23.5 Å². The molecule has 1 amide bonds. The van der Waals surface area contributed by atoms with E-state index >= 15 is 0 Å². The van der Waals surface area contributed by atoms with Gasteiger partial charge in [0.2, 0.25) is 15.9 Å². The number of carbonyl (C=O) groups is 1. The summed E-state index contributed by atoms with van der Waals surface area (Å²) in [4.78, 5) is 20.3. The minimum Gasteiger partial charge on any atom is -0.376 e. The fourth-order valence-corrected chi connectivity index (χ4v) is 7.44. The summed E-state index contributed by atoms with van der Waals surface area (Å²) >= 11 is 1.44. The molecule has 0 aliphatic carbocycles. The van der Waals surface area contributed by atoms with Gasteiger partial charge < -0.3 is 4.74 Å². The van der Waals surface area contributed by atoms with Gasteiger partial charge in [-0.3, -0.25) is 9.69 Å². The number of sulfonamides is 1. The Bertz CT molecular complexity index is 1320. The Morgan fingerprint density at radius 1 is 1.20 bits per heavy atom. The highest BCUT2D eigenvalue weighted by molar-refractivity contribution is 7.89. The summed E-state index contributed by atoms with van der Waals surface area (Å²) in [6.07, 6.45) is 3.56. The highest BCUT2D eigenvalue weighted by Crippen LogP contribution is 2.34. The second-order valence-corrected chi connectivity index (χ2v) is 11.9. The number of amides is 1. The smallest absolute Gasteiger partial charge is 0.247 e. The molecule has 5 rings (SSSR count). The SMILES string of the molecule is CCc1ccc2nc(N(CC3CCCO3)C(=O)C3CCCN3S(=O)(=O)c3ccc(F)cc3)sc2c1. The standard InChI is InChI=1S/C25H28FN3O4S2/c1-2-17-7-12-21-23(15-17)34-25(27-21)28(16-19-5-4-14-33-19)24(30)22-6-3-13-29(22)35(31,32)20-10-8-18(26)9-11-20/h7-12,15,19,22H,2-6,13-14,16H2,1H3. The summed E-state index contributed by atoms with van der Waals surface area (Å²) in [6, 6.07) is 9.97. The predicted molar refractivity (Wildman–Crippen MR) is 134 cm³/mol. The molecule has 2 aliphatic heterocycles. The van der Waals surface area contributed by atoms with Crippen molar-refractivity contribution in [3.8, 4) is 0 Å². The fraction of sp³-hybridized carbons (Fsp3) is 0.440. The minimum atomic E-state index is -3.96. The highest BCUT2D eigenvalue weighted by Gasteiger charge is 2.42. The monoisotopic (exact) mass is 517 g/mol. The molecular weight excluding hydrogens is 489 g/mol. The third kappa shape index (κ3) is 4.84. The molecule has 3 heterocycles. The van der Waals surface area contributed by atoms with Crippen molar-refractivity contribution < 1.29 is 22.3 Å². The van der Waals surface area contributed by atoms with E-state index in [4.69, 9.17) is 9.72 Å². The first kappa shape index (κ1) is 24.3. The van der Waals surface area contributed by atoms with Crippen molar-refractivity contribution in [3.05, 3.63) is 53.8 Å². The van der Waals surface area contributed by atoms with Crippen LogP contribution in [0.3, 0.4) is 0 Å². The predicted octanol–water partition coefficient (Wildman–Crippen LogP) is 4.36. The molecule has 3 aromatic rings. The fourth-order valence-electron chi connectivity index (χ4n) is 4.74. The van der Waals surface area contributed by atoms with Crippen molar-refractivity contribution in [2.24, 2.45) is 0 Å². The lowest BCUT2D eigenvalue weighted by Crippen LogP contribution is -2.49. The molecule has 0 radical (unpaired) electrons. The number of aromatic nitrogens is 1. The normalized spacial score (nSPS) is 21.1. The number of nitrogens with zero attached hydrogens (tertiary/aromatic N) is 3. The average Bonchev–Trinajstić information content (AvgIpc) is 3.62. The molecule has 35 heavy (non-hydrogen) atoms. The number of aryl methyl sites for hydroxylation is 1. The largest absolute Gasteiger partial charge is 0.376 e. The lowest BCUT2D eigenvalue weighted by Gasteiger charge is -2.29. The number of benzene rings is 2. The second kappa shape index (κ2) is 9.93. The first-order chi connectivity index (χ1) is 16.9. The van der Waals surface area contributed by atoms with E-state index in [0.717, 1.165) is 41.6 Å². The Morgan fingerprint density at radius 2 is 2.00 bits per heavy atom. The zero-order valence-corrected chi connectivity index (χ0v) is 21.2. The van der Waals surface area contributed by atoms with E-state index in [9.17, 15) is 17.6 Å². The van der Waals surface area contributed by atoms with Gasteiger partial charge >= 0.3 is 0 Å². The third-order valence-electron chi connectivity index (χ3n) is 6.67. The maximum atomic E-state index is 13.9. The van der Waals surface area contributed by atoms with E-state index in [1.165, 1.54) is 33.3 Å². The van der Waals surface area contributed by atoms with Crippen LogP contribution < -0.4 is 4.90 Å². The summed E-state index contributed by atoms with van der Waals surface area (Å²) in [7, 11) is -3.96. The number of fused-ring (bicyclic) bond motifs is 1. The first-order valence-corrected chi connectivity index (χ1v) is 14.2. The maximum absolute atomic E-state index is 13.9. The Balaban J connectivity index is 1.48. The molecule has 7 nitrogen and oxygen atoms in total. The van der Waals surface area contributed by atoms with Gasteiger partial charge in [-0.05, 0) is 74.1 Å². The van der Waals surface area contributed by atoms with Crippen LogP contribution in [0, 0.1) is 5.82 Å². The zero-order chi connectivity index (χ0) is 24.6. The topological polar surface area (TPSA) is 79.8 Å². The maximum Gasteiger partial charge on any atom is 0.247 e. The van der Waals surface area contributed by atoms with Crippen LogP contribution in [0.2, 0.25) is 0 Å². The lowest BCUT2D eigenvalue weighted by atomic mass is 10.1. The van der Waals surface area contributed by atoms with Crippen LogP contribution in [-0.2, 0) is 26.0 Å². The van der Waals surface area contributed by atoms with Gasteiger partial charge in [0.15, 0.2) is 5.13 Å². The van der Waals surface area contributed by atoms with Crippen molar-refractivity contribution in [1.82, 2.24) is 9.29 Å². The second-order valence-electron chi connectivity index (χ2n) is 8.96. The van der Waals surface area contributed by atoms with Gasteiger partial charge in [-0.15, -0.1) is 0 Å². The van der Waals surface area contributed by atoms with Crippen molar-refractivity contribution in [2.45, 2.75) is 56.1 Å². The quantitative estimate of drug-likeness (QED) is 0.465. The van der Waals surface area contributed by atoms with Gasteiger partial charge in [-0.1, -0.05) is 24.3 Å². The van der Waals surface area contributed by atoms with Crippen LogP contribution in [0.25, 0.3) is 10.2 Å². The van der Waals surface area contributed by atoms with Crippen molar-refractivity contribution in [3.63, 3.8) is 0 Å². The molecule has 2 atom stereocenters. The molecule has 0 saturated carbocycles. The van der Waals surface area contributed by atoms with E-state index in [0.29, 0.717) is 31.1 Å². The first-order valence-electron chi connectivity index (χ1n) is 12.0. The van der Waals surface area contributed by atoms with Gasteiger partial charge in [-0.2, -0.15) is 4.31 Å². The molecule has 1 aromatic heterocycles. The summed E-state index contributed by atoms with van der Waals surface area (Å²) in [6.45, 7) is 3.32. The van der Waals surface area contributed by atoms with Crippen molar-refractivity contribution >= 4 is 42.6 Å². The Hall–Kier alpha value is -2.40. The Labute approximate surface area is 208 Å². The molecule has 186 valence electrons. The Morgan fingerprint density at radius 3 is 2.71 bits per heavy atom. The molecule has 10 heteroatoms. The molecular formula is C25H28FN3O4S2. The van der Waals surface area contributed by atoms with E-state index in [1.807, 2.05) is 12.1 Å². The van der Waals surface area contributed by atoms with Gasteiger partial charge in [-0.25, -0.2) is 17.8 Å². The number of rotatable bonds is 7. The van der Waals surface area contributed by atoms with Crippen molar-refractivity contribution in [2.75, 3.05) is 24.6 Å². The number of hydrogen-bond donors (Lipinski definition) is 0. The number of ether oxygens (including phenoxy) is 1. The highest BCUT2D eigenvalue weighted by atomic mass is 32.2. The van der Waals surface area contributed by atoms with Crippen LogP contribution in [0.15, 0.2) is 47.4 Å². The molecule has 0 bridgehead atoms. The summed E-state index contributed by atoms with van der Waals surface area (Å²) in [5, 5.41) is 0.555. The van der Waals surface area contributed by atoms with Crippen molar-refractivity contribution in [1.29, 1.82) is 0 Å². The van der Waals surface area contributed by atoms with Gasteiger partial charge in [0.05, 0.1) is 27.8 Å². The number of anilines is 1. The third-order valence-corrected chi connectivity index (χ3v) is 9.63. The molecule has 0 spiro atoms.